The number of urea groups is 1. The molecule has 0 fully saturated rings. The molecule has 1 unspecified atom stereocenters. The Balaban J connectivity index is 1.61. The van der Waals surface area contributed by atoms with Crippen LogP contribution < -0.4 is 32.3 Å². The lowest BCUT2D eigenvalue weighted by atomic mass is 10.1. The molecule has 0 aromatic heterocycles. The standard InChI is InChI=1S/C18H23N7O2/c1-11-9-13-10-25(18(27)24-15(13)23-11)14-5-3-12(4-6-14)16(26)21-7-2-8-22-17(19)20/h3-6,9-10,15,23H,2,7-8H2,1H3,(H,21,26)(H,24,27)(H4,19,20,22). The lowest BCUT2D eigenvalue weighted by molar-refractivity contribution is 0.0953. The van der Waals surface area contributed by atoms with E-state index in [0.717, 1.165) is 11.3 Å². The zero-order valence-electron chi connectivity index (χ0n) is 15.0. The summed E-state index contributed by atoms with van der Waals surface area (Å²) in [6.07, 6.45) is 4.25. The third kappa shape index (κ3) is 4.38. The average molecular weight is 369 g/mol. The fourth-order valence-electron chi connectivity index (χ4n) is 2.87. The Morgan fingerprint density at radius 3 is 2.70 bits per heavy atom. The number of carbonyl (C=O) groups is 2. The SMILES string of the molecule is CC1=CC2=CN(c3ccc(C(=O)NCCCN=C(N)N)cc3)C(=O)NC2N1. The summed E-state index contributed by atoms with van der Waals surface area (Å²) in [6, 6.07) is 6.63. The maximum atomic E-state index is 12.3. The number of nitrogens with zero attached hydrogens (tertiary/aromatic N) is 2. The molecule has 1 aromatic carbocycles. The van der Waals surface area contributed by atoms with E-state index in [2.05, 4.69) is 20.9 Å². The number of rotatable bonds is 6. The first-order chi connectivity index (χ1) is 12.9. The van der Waals surface area contributed by atoms with Crippen molar-refractivity contribution >= 4 is 23.6 Å². The second-order valence-corrected chi connectivity index (χ2v) is 6.32. The molecule has 2 heterocycles. The molecule has 1 aromatic rings. The molecule has 142 valence electrons. The van der Waals surface area contributed by atoms with Crippen LogP contribution >= 0.6 is 0 Å². The van der Waals surface area contributed by atoms with Gasteiger partial charge in [0.1, 0.15) is 6.17 Å². The monoisotopic (exact) mass is 369 g/mol. The Hall–Kier alpha value is -3.49. The quantitative estimate of drug-likeness (QED) is 0.279. The van der Waals surface area contributed by atoms with Crippen LogP contribution in [0.5, 0.6) is 0 Å². The van der Waals surface area contributed by atoms with E-state index in [9.17, 15) is 9.59 Å². The van der Waals surface area contributed by atoms with Crippen molar-refractivity contribution in [3.63, 3.8) is 0 Å². The van der Waals surface area contributed by atoms with Crippen LogP contribution in [0.1, 0.15) is 23.7 Å². The number of nitrogens with two attached hydrogens (primary N) is 2. The Morgan fingerprint density at radius 2 is 2.00 bits per heavy atom. The zero-order chi connectivity index (χ0) is 19.4. The molecule has 27 heavy (non-hydrogen) atoms. The molecule has 0 radical (unpaired) electrons. The van der Waals surface area contributed by atoms with Gasteiger partial charge in [0.05, 0.1) is 5.69 Å². The summed E-state index contributed by atoms with van der Waals surface area (Å²) in [4.78, 5) is 29.9. The smallest absolute Gasteiger partial charge is 0.327 e. The number of carbonyl (C=O) groups excluding carboxylic acids is 2. The summed E-state index contributed by atoms with van der Waals surface area (Å²) < 4.78 is 0. The summed E-state index contributed by atoms with van der Waals surface area (Å²) in [5, 5.41) is 8.87. The summed E-state index contributed by atoms with van der Waals surface area (Å²) >= 11 is 0. The number of hydrogen-bond donors (Lipinski definition) is 5. The number of fused-ring (bicyclic) bond motifs is 1. The molecule has 0 saturated carbocycles. The highest BCUT2D eigenvalue weighted by Gasteiger charge is 2.29. The van der Waals surface area contributed by atoms with E-state index in [1.54, 1.807) is 30.5 Å². The van der Waals surface area contributed by atoms with Gasteiger partial charge in [-0.3, -0.25) is 14.7 Å². The van der Waals surface area contributed by atoms with Crippen LogP contribution in [0.25, 0.3) is 0 Å². The van der Waals surface area contributed by atoms with E-state index >= 15 is 0 Å². The van der Waals surface area contributed by atoms with Gasteiger partial charge in [-0.2, -0.15) is 0 Å². The highest BCUT2D eigenvalue weighted by atomic mass is 16.2. The molecule has 0 spiro atoms. The van der Waals surface area contributed by atoms with E-state index in [1.807, 2.05) is 13.0 Å². The fraction of sp³-hybridized carbons (Fsp3) is 0.278. The normalized spacial score (nSPS) is 17.9. The molecule has 9 nitrogen and oxygen atoms in total. The topological polar surface area (TPSA) is 138 Å². The van der Waals surface area contributed by atoms with E-state index < -0.39 is 0 Å². The third-order valence-electron chi connectivity index (χ3n) is 4.18. The van der Waals surface area contributed by atoms with Crippen LogP contribution in [0.15, 0.2) is 52.8 Å². The van der Waals surface area contributed by atoms with Gasteiger partial charge in [-0.1, -0.05) is 0 Å². The molecule has 3 rings (SSSR count). The van der Waals surface area contributed by atoms with Gasteiger partial charge >= 0.3 is 6.03 Å². The van der Waals surface area contributed by atoms with Crippen molar-refractivity contribution in [2.45, 2.75) is 19.5 Å². The molecule has 7 N–H and O–H groups in total. The van der Waals surface area contributed by atoms with Gasteiger partial charge < -0.3 is 27.4 Å². The maximum Gasteiger partial charge on any atom is 0.327 e. The van der Waals surface area contributed by atoms with E-state index in [0.29, 0.717) is 30.8 Å². The second-order valence-electron chi connectivity index (χ2n) is 6.32. The van der Waals surface area contributed by atoms with E-state index in [-0.39, 0.29) is 24.1 Å². The van der Waals surface area contributed by atoms with Crippen molar-refractivity contribution in [2.24, 2.45) is 16.5 Å². The summed E-state index contributed by atoms with van der Waals surface area (Å²) in [5.41, 5.74) is 13.7. The molecule has 2 aliphatic rings. The largest absolute Gasteiger partial charge is 0.370 e. The van der Waals surface area contributed by atoms with Crippen LogP contribution in [-0.2, 0) is 0 Å². The number of hydrogen-bond acceptors (Lipinski definition) is 4. The highest BCUT2D eigenvalue weighted by molar-refractivity contribution is 5.98. The highest BCUT2D eigenvalue weighted by Crippen LogP contribution is 2.24. The first kappa shape index (κ1) is 18.3. The molecule has 0 aliphatic carbocycles. The lowest BCUT2D eigenvalue weighted by Crippen LogP contribution is -2.51. The minimum Gasteiger partial charge on any atom is -0.370 e. The number of allylic oxidation sites excluding steroid dienone is 1. The first-order valence-electron chi connectivity index (χ1n) is 8.64. The van der Waals surface area contributed by atoms with Crippen LogP contribution in [0.4, 0.5) is 10.5 Å². The number of amides is 3. The molecule has 9 heteroatoms. The van der Waals surface area contributed by atoms with E-state index in [1.165, 1.54) is 4.90 Å². The molecular weight excluding hydrogens is 346 g/mol. The van der Waals surface area contributed by atoms with Crippen molar-refractivity contribution in [1.82, 2.24) is 16.0 Å². The van der Waals surface area contributed by atoms with Crippen LogP contribution in [-0.4, -0.2) is 37.2 Å². The fourth-order valence-corrected chi connectivity index (χ4v) is 2.87. The molecule has 0 saturated heterocycles. The van der Waals surface area contributed by atoms with Gasteiger partial charge in [-0.25, -0.2) is 4.79 Å². The van der Waals surface area contributed by atoms with Gasteiger partial charge in [0, 0.05) is 36.1 Å². The second kappa shape index (κ2) is 7.81. The third-order valence-corrected chi connectivity index (χ3v) is 4.18. The summed E-state index contributed by atoms with van der Waals surface area (Å²) in [6.45, 7) is 2.88. The number of anilines is 1. The molecule has 2 aliphatic heterocycles. The molecular formula is C18H23N7O2. The van der Waals surface area contributed by atoms with Crippen molar-refractivity contribution in [2.75, 3.05) is 18.0 Å². The van der Waals surface area contributed by atoms with Crippen LogP contribution in [0.3, 0.4) is 0 Å². The molecule has 1 atom stereocenters. The predicted octanol–water partition coefficient (Wildman–Crippen LogP) is 0.327. The van der Waals surface area contributed by atoms with Gasteiger partial charge in [-0.15, -0.1) is 0 Å². The minimum atomic E-state index is -0.226. The van der Waals surface area contributed by atoms with Crippen molar-refractivity contribution in [3.8, 4) is 0 Å². The van der Waals surface area contributed by atoms with Gasteiger partial charge in [-0.05, 0) is 43.7 Å². The van der Waals surface area contributed by atoms with Crippen molar-refractivity contribution < 1.29 is 9.59 Å². The average Bonchev–Trinajstić information content (AvgIpc) is 2.99. The maximum absolute atomic E-state index is 12.3. The van der Waals surface area contributed by atoms with Gasteiger partial charge in [0.15, 0.2) is 5.96 Å². The Morgan fingerprint density at radius 1 is 1.26 bits per heavy atom. The number of nitrogens with one attached hydrogen (secondary N) is 3. The Kier molecular flexibility index (Phi) is 5.30. The van der Waals surface area contributed by atoms with Gasteiger partial charge in [0.25, 0.3) is 5.91 Å². The molecule has 3 amide bonds. The number of aliphatic imine (C=N–C) groups is 1. The van der Waals surface area contributed by atoms with Crippen molar-refractivity contribution in [3.05, 3.63) is 53.4 Å². The van der Waals surface area contributed by atoms with E-state index in [4.69, 9.17) is 11.5 Å². The summed E-state index contributed by atoms with van der Waals surface area (Å²) in [7, 11) is 0. The minimum absolute atomic E-state index is 0.0407. The van der Waals surface area contributed by atoms with Crippen LogP contribution in [0, 0.1) is 0 Å². The van der Waals surface area contributed by atoms with Crippen molar-refractivity contribution in [1.29, 1.82) is 0 Å². The predicted molar refractivity (Wildman–Crippen MR) is 104 cm³/mol. The molecule has 0 bridgehead atoms. The summed E-state index contributed by atoms with van der Waals surface area (Å²) in [5.74, 6) is -0.148. The number of benzene rings is 1. The van der Waals surface area contributed by atoms with Gasteiger partial charge in [0.2, 0.25) is 0 Å². The van der Waals surface area contributed by atoms with Crippen LogP contribution in [0.2, 0.25) is 0 Å². The number of guanidine groups is 1. The lowest BCUT2D eigenvalue weighted by Gasteiger charge is -2.29. The Bertz CT molecular complexity index is 823. The Labute approximate surface area is 157 Å². The zero-order valence-corrected chi connectivity index (χ0v) is 15.0. The first-order valence-corrected chi connectivity index (χ1v) is 8.64.